The number of halogens is 3. The third kappa shape index (κ3) is 2.68. The first kappa shape index (κ1) is 12.2. The van der Waals surface area contributed by atoms with Gasteiger partial charge in [-0.25, -0.2) is 4.39 Å². The highest BCUT2D eigenvalue weighted by atomic mass is 35.5. The van der Waals surface area contributed by atoms with Crippen molar-refractivity contribution in [3.05, 3.63) is 33.8 Å². The minimum atomic E-state index is -1.20. The van der Waals surface area contributed by atoms with Crippen LogP contribution in [-0.2, 0) is 6.42 Å². The van der Waals surface area contributed by atoms with Gasteiger partial charge in [0.25, 0.3) is 0 Å². The van der Waals surface area contributed by atoms with E-state index < -0.39 is 5.67 Å². The molecule has 4 heteroatoms. The molecule has 0 spiro atoms. The molecular weight excluding hydrogens is 248 g/mol. The van der Waals surface area contributed by atoms with Crippen LogP contribution in [0.2, 0.25) is 10.0 Å². The monoisotopic (exact) mass is 261 g/mol. The molecule has 0 amide bonds. The van der Waals surface area contributed by atoms with Gasteiger partial charge in [0.2, 0.25) is 0 Å². The zero-order valence-corrected chi connectivity index (χ0v) is 10.4. The topological polar surface area (TPSA) is 26.0 Å². The van der Waals surface area contributed by atoms with Crippen LogP contribution in [0.1, 0.15) is 24.8 Å². The zero-order chi connectivity index (χ0) is 11.8. The first-order valence-corrected chi connectivity index (χ1v) is 6.12. The predicted molar refractivity (Wildman–Crippen MR) is 65.8 cm³/mol. The molecule has 1 saturated carbocycles. The molecule has 2 unspecified atom stereocenters. The molecule has 0 bridgehead atoms. The maximum absolute atomic E-state index is 14.4. The molecule has 2 rings (SSSR count). The minimum absolute atomic E-state index is 0.0175. The first-order chi connectivity index (χ1) is 7.48. The van der Waals surface area contributed by atoms with Gasteiger partial charge in [0.05, 0.1) is 0 Å². The van der Waals surface area contributed by atoms with Crippen molar-refractivity contribution < 1.29 is 4.39 Å². The summed E-state index contributed by atoms with van der Waals surface area (Å²) in [6.07, 6.45) is 2.03. The predicted octanol–water partition coefficient (Wildman–Crippen LogP) is 3.76. The van der Waals surface area contributed by atoms with Crippen LogP contribution in [0, 0.1) is 0 Å². The van der Waals surface area contributed by atoms with Crippen molar-refractivity contribution >= 4 is 23.2 Å². The quantitative estimate of drug-likeness (QED) is 0.862. The van der Waals surface area contributed by atoms with Crippen molar-refractivity contribution in [2.24, 2.45) is 5.73 Å². The van der Waals surface area contributed by atoms with E-state index in [0.717, 1.165) is 12.0 Å². The minimum Gasteiger partial charge on any atom is -0.328 e. The molecule has 1 aliphatic rings. The molecule has 0 radical (unpaired) electrons. The van der Waals surface area contributed by atoms with Crippen molar-refractivity contribution in [3.8, 4) is 0 Å². The van der Waals surface area contributed by atoms with Gasteiger partial charge in [0.15, 0.2) is 0 Å². The summed E-state index contributed by atoms with van der Waals surface area (Å²) in [7, 11) is 0. The smallest absolute Gasteiger partial charge is 0.116 e. The largest absolute Gasteiger partial charge is 0.328 e. The molecule has 1 aromatic carbocycles. The lowest BCUT2D eigenvalue weighted by Crippen LogP contribution is -2.25. The molecule has 0 heterocycles. The number of benzene rings is 1. The van der Waals surface area contributed by atoms with Crippen LogP contribution in [-0.4, -0.2) is 11.7 Å². The van der Waals surface area contributed by atoms with Gasteiger partial charge < -0.3 is 5.73 Å². The molecule has 88 valence electrons. The highest BCUT2D eigenvalue weighted by Crippen LogP contribution is 2.37. The lowest BCUT2D eigenvalue weighted by molar-refractivity contribution is 0.170. The van der Waals surface area contributed by atoms with E-state index >= 15 is 0 Å². The van der Waals surface area contributed by atoms with Gasteiger partial charge in [0.1, 0.15) is 5.67 Å². The van der Waals surface area contributed by atoms with Gasteiger partial charge in [-0.2, -0.15) is 0 Å². The maximum atomic E-state index is 14.4. The van der Waals surface area contributed by atoms with Crippen molar-refractivity contribution in [1.29, 1.82) is 0 Å². The fourth-order valence-electron chi connectivity index (χ4n) is 2.29. The summed E-state index contributed by atoms with van der Waals surface area (Å²) in [6, 6.07) is 5.16. The van der Waals surface area contributed by atoms with Gasteiger partial charge in [-0.1, -0.05) is 29.3 Å². The molecule has 2 atom stereocenters. The number of nitrogens with two attached hydrogens (primary N) is 1. The third-order valence-electron chi connectivity index (χ3n) is 3.11. The Morgan fingerprint density at radius 1 is 1.44 bits per heavy atom. The van der Waals surface area contributed by atoms with Crippen LogP contribution in [0.3, 0.4) is 0 Å². The average molecular weight is 262 g/mol. The van der Waals surface area contributed by atoms with Crippen molar-refractivity contribution in [3.63, 3.8) is 0 Å². The SMILES string of the molecule is NC1CCC(F)(Cc2ccc(Cl)cc2Cl)C1. The van der Waals surface area contributed by atoms with E-state index in [1.54, 1.807) is 18.2 Å². The Bertz CT molecular complexity index is 397. The molecule has 0 saturated heterocycles. The van der Waals surface area contributed by atoms with E-state index in [-0.39, 0.29) is 6.04 Å². The van der Waals surface area contributed by atoms with E-state index in [9.17, 15) is 4.39 Å². The van der Waals surface area contributed by atoms with Crippen LogP contribution in [0.15, 0.2) is 18.2 Å². The standard InChI is InChI=1S/C12H14Cl2FN/c13-9-2-1-8(11(14)5-9)6-12(15)4-3-10(16)7-12/h1-2,5,10H,3-4,6-7,16H2. The Hall–Kier alpha value is -0.310. The Labute approximate surface area is 105 Å². The van der Waals surface area contributed by atoms with Crippen LogP contribution in [0.5, 0.6) is 0 Å². The van der Waals surface area contributed by atoms with E-state index in [1.165, 1.54) is 0 Å². The normalized spacial score (nSPS) is 29.6. The summed E-state index contributed by atoms with van der Waals surface area (Å²) >= 11 is 11.8. The van der Waals surface area contributed by atoms with Crippen molar-refractivity contribution in [2.45, 2.75) is 37.4 Å². The molecular formula is C12H14Cl2FN. The Kier molecular flexibility index (Phi) is 3.43. The molecule has 2 N–H and O–H groups in total. The first-order valence-electron chi connectivity index (χ1n) is 5.37. The lowest BCUT2D eigenvalue weighted by atomic mass is 9.94. The van der Waals surface area contributed by atoms with E-state index in [2.05, 4.69) is 0 Å². The molecule has 1 aromatic rings. The second-order valence-electron chi connectivity index (χ2n) is 4.57. The lowest BCUT2D eigenvalue weighted by Gasteiger charge is -2.20. The summed E-state index contributed by atoms with van der Waals surface area (Å²) in [5, 5.41) is 1.11. The molecule has 16 heavy (non-hydrogen) atoms. The third-order valence-corrected chi connectivity index (χ3v) is 3.70. The summed E-state index contributed by atoms with van der Waals surface area (Å²) in [5.74, 6) is 0. The summed E-state index contributed by atoms with van der Waals surface area (Å²) in [6.45, 7) is 0. The number of rotatable bonds is 2. The molecule has 0 aliphatic heterocycles. The summed E-state index contributed by atoms with van der Waals surface area (Å²) in [4.78, 5) is 0. The van der Waals surface area contributed by atoms with Crippen molar-refractivity contribution in [2.75, 3.05) is 0 Å². The zero-order valence-electron chi connectivity index (χ0n) is 8.85. The van der Waals surface area contributed by atoms with Gasteiger partial charge in [-0.05, 0) is 37.0 Å². The number of alkyl halides is 1. The Morgan fingerprint density at radius 3 is 2.75 bits per heavy atom. The second kappa shape index (κ2) is 4.52. The molecule has 1 fully saturated rings. The summed E-state index contributed by atoms with van der Waals surface area (Å²) < 4.78 is 14.4. The fraction of sp³-hybridized carbons (Fsp3) is 0.500. The van der Waals surface area contributed by atoms with Gasteiger partial charge in [-0.15, -0.1) is 0 Å². The van der Waals surface area contributed by atoms with Crippen LogP contribution in [0.4, 0.5) is 4.39 Å². The molecule has 1 aliphatic carbocycles. The van der Waals surface area contributed by atoms with Crippen LogP contribution < -0.4 is 5.73 Å². The fourth-order valence-corrected chi connectivity index (χ4v) is 2.76. The van der Waals surface area contributed by atoms with E-state index in [4.69, 9.17) is 28.9 Å². The van der Waals surface area contributed by atoms with Crippen molar-refractivity contribution in [1.82, 2.24) is 0 Å². The number of hydrogen-bond acceptors (Lipinski definition) is 1. The second-order valence-corrected chi connectivity index (χ2v) is 5.41. The highest BCUT2D eigenvalue weighted by Gasteiger charge is 2.38. The van der Waals surface area contributed by atoms with Gasteiger partial charge in [0, 0.05) is 22.5 Å². The van der Waals surface area contributed by atoms with E-state index in [1.807, 2.05) is 0 Å². The van der Waals surface area contributed by atoms with Crippen LogP contribution in [0.25, 0.3) is 0 Å². The van der Waals surface area contributed by atoms with Crippen LogP contribution >= 0.6 is 23.2 Å². The Balaban J connectivity index is 2.14. The maximum Gasteiger partial charge on any atom is 0.116 e. The van der Waals surface area contributed by atoms with Gasteiger partial charge in [-0.3, -0.25) is 0 Å². The molecule has 0 aromatic heterocycles. The average Bonchev–Trinajstić information content (AvgIpc) is 2.52. The van der Waals surface area contributed by atoms with Gasteiger partial charge >= 0.3 is 0 Å². The summed E-state index contributed by atoms with van der Waals surface area (Å²) in [5.41, 5.74) is 5.34. The highest BCUT2D eigenvalue weighted by molar-refractivity contribution is 6.35. The number of hydrogen-bond donors (Lipinski definition) is 1. The Morgan fingerprint density at radius 2 is 2.19 bits per heavy atom. The van der Waals surface area contributed by atoms with E-state index in [0.29, 0.717) is 29.3 Å². The molecule has 1 nitrogen and oxygen atoms in total.